The molecule has 1 aliphatic rings. The van der Waals surface area contributed by atoms with Gasteiger partial charge in [-0.3, -0.25) is 9.59 Å². The molecule has 1 aromatic heterocycles. The highest BCUT2D eigenvalue weighted by atomic mass is 32.1. The van der Waals surface area contributed by atoms with Crippen LogP contribution in [0.1, 0.15) is 33.6 Å². The molecule has 144 valence electrons. The summed E-state index contributed by atoms with van der Waals surface area (Å²) in [5.41, 5.74) is 2.35. The second-order valence-electron chi connectivity index (χ2n) is 7.34. The molecule has 0 saturated carbocycles. The number of hydrogen-bond donors (Lipinski definition) is 1. The van der Waals surface area contributed by atoms with E-state index in [4.69, 9.17) is 0 Å². The summed E-state index contributed by atoms with van der Waals surface area (Å²) in [6.07, 6.45) is 1.70. The number of thiophene rings is 1. The van der Waals surface area contributed by atoms with Crippen molar-refractivity contribution in [1.29, 1.82) is 0 Å². The van der Waals surface area contributed by atoms with Gasteiger partial charge in [0.2, 0.25) is 5.91 Å². The van der Waals surface area contributed by atoms with Crippen molar-refractivity contribution >= 4 is 23.2 Å². The first-order chi connectivity index (χ1) is 13.0. The molecule has 1 aliphatic heterocycles. The zero-order valence-electron chi connectivity index (χ0n) is 16.0. The Bertz CT molecular complexity index is 756. The fraction of sp³-hybridized carbons (Fsp3) is 0.429. The van der Waals surface area contributed by atoms with Gasteiger partial charge in [0.1, 0.15) is 0 Å². The second-order valence-corrected chi connectivity index (χ2v) is 8.29. The van der Waals surface area contributed by atoms with Crippen molar-refractivity contribution in [3.8, 4) is 0 Å². The smallest absolute Gasteiger partial charge is 0.263 e. The van der Waals surface area contributed by atoms with Gasteiger partial charge < -0.3 is 15.1 Å². The minimum atomic E-state index is -0.129. The third kappa shape index (κ3) is 5.40. The molecule has 2 aromatic rings. The van der Waals surface area contributed by atoms with E-state index in [-0.39, 0.29) is 17.7 Å². The summed E-state index contributed by atoms with van der Waals surface area (Å²) in [4.78, 5) is 29.8. The minimum absolute atomic E-state index is 0.0380. The number of amides is 2. The van der Waals surface area contributed by atoms with Gasteiger partial charge in [0, 0.05) is 26.2 Å². The lowest BCUT2D eigenvalue weighted by Gasteiger charge is -2.31. The van der Waals surface area contributed by atoms with Crippen molar-refractivity contribution in [3.63, 3.8) is 0 Å². The summed E-state index contributed by atoms with van der Waals surface area (Å²) in [5, 5.41) is 4.95. The van der Waals surface area contributed by atoms with Crippen molar-refractivity contribution in [2.45, 2.75) is 25.9 Å². The number of likely N-dealkylation sites (tertiary alicyclic amines) is 1. The Morgan fingerprint density at radius 1 is 1.19 bits per heavy atom. The van der Waals surface area contributed by atoms with Crippen molar-refractivity contribution in [2.24, 2.45) is 5.92 Å². The molecule has 27 heavy (non-hydrogen) atoms. The number of carbonyl (C=O) groups is 2. The van der Waals surface area contributed by atoms with Crippen molar-refractivity contribution in [2.75, 3.05) is 27.2 Å². The lowest BCUT2D eigenvalue weighted by molar-refractivity contribution is -0.126. The Morgan fingerprint density at radius 2 is 1.93 bits per heavy atom. The van der Waals surface area contributed by atoms with Crippen LogP contribution in [0, 0.1) is 5.92 Å². The standard InChI is InChI=1S/C21H27N3O2S/c1-23(2)14-17-9-7-16(8-10-17)13-22-20(25)18-5-3-11-24(15-18)21(26)19-6-4-12-27-19/h4,6-10,12,18H,3,5,11,13-15H2,1-2H3,(H,22,25). The Labute approximate surface area is 165 Å². The summed E-state index contributed by atoms with van der Waals surface area (Å²) in [5.74, 6) is -0.0503. The number of rotatable bonds is 6. The molecular weight excluding hydrogens is 358 g/mol. The molecule has 0 aliphatic carbocycles. The second kappa shape index (κ2) is 9.15. The predicted molar refractivity (Wildman–Crippen MR) is 109 cm³/mol. The molecule has 1 atom stereocenters. The highest BCUT2D eigenvalue weighted by molar-refractivity contribution is 7.12. The van der Waals surface area contributed by atoms with Gasteiger partial charge >= 0.3 is 0 Å². The quantitative estimate of drug-likeness (QED) is 0.832. The molecule has 5 nitrogen and oxygen atoms in total. The third-order valence-corrected chi connectivity index (χ3v) is 5.66. The number of hydrogen-bond acceptors (Lipinski definition) is 4. The van der Waals surface area contributed by atoms with Gasteiger partial charge in [-0.2, -0.15) is 0 Å². The van der Waals surface area contributed by atoms with Crippen LogP contribution < -0.4 is 5.32 Å². The van der Waals surface area contributed by atoms with E-state index < -0.39 is 0 Å². The van der Waals surface area contributed by atoms with Crippen molar-refractivity contribution in [3.05, 3.63) is 57.8 Å². The van der Waals surface area contributed by atoms with Crippen LogP contribution in [0.4, 0.5) is 0 Å². The summed E-state index contributed by atoms with van der Waals surface area (Å²) >= 11 is 1.45. The van der Waals surface area contributed by atoms with Gasteiger partial charge in [0.05, 0.1) is 10.8 Å². The van der Waals surface area contributed by atoms with Gasteiger partial charge in [0.15, 0.2) is 0 Å². The number of benzene rings is 1. The summed E-state index contributed by atoms with van der Waals surface area (Å²) in [7, 11) is 4.09. The van der Waals surface area contributed by atoms with E-state index in [1.165, 1.54) is 16.9 Å². The average molecular weight is 386 g/mol. The normalized spacial score (nSPS) is 17.1. The number of carbonyl (C=O) groups excluding carboxylic acids is 2. The van der Waals surface area contributed by atoms with E-state index in [2.05, 4.69) is 34.5 Å². The number of nitrogens with one attached hydrogen (secondary N) is 1. The zero-order valence-corrected chi connectivity index (χ0v) is 16.8. The first-order valence-electron chi connectivity index (χ1n) is 9.36. The van der Waals surface area contributed by atoms with Crippen LogP contribution >= 0.6 is 11.3 Å². The average Bonchev–Trinajstić information content (AvgIpc) is 3.21. The van der Waals surface area contributed by atoms with E-state index >= 15 is 0 Å². The Kier molecular flexibility index (Phi) is 6.63. The number of nitrogens with zero attached hydrogens (tertiary/aromatic N) is 2. The molecule has 1 unspecified atom stereocenters. The van der Waals surface area contributed by atoms with Crippen molar-refractivity contribution in [1.82, 2.24) is 15.1 Å². The maximum atomic E-state index is 12.6. The van der Waals surface area contributed by atoms with Crippen LogP contribution in [0.3, 0.4) is 0 Å². The Balaban J connectivity index is 1.51. The summed E-state index contributed by atoms with van der Waals surface area (Å²) in [6.45, 7) is 2.66. The summed E-state index contributed by atoms with van der Waals surface area (Å²) < 4.78 is 0. The van der Waals surface area contributed by atoms with Crippen LogP contribution in [0.15, 0.2) is 41.8 Å². The van der Waals surface area contributed by atoms with E-state index in [0.29, 0.717) is 13.1 Å². The lowest BCUT2D eigenvalue weighted by atomic mass is 9.97. The Hall–Kier alpha value is -2.18. The van der Waals surface area contributed by atoms with Gasteiger partial charge in [-0.05, 0) is 49.5 Å². The van der Waals surface area contributed by atoms with Crippen molar-refractivity contribution < 1.29 is 9.59 Å². The molecular formula is C21H27N3O2S. The molecule has 0 spiro atoms. The van der Waals surface area contributed by atoms with E-state index in [1.54, 1.807) is 0 Å². The molecule has 1 aromatic carbocycles. The molecule has 1 saturated heterocycles. The maximum Gasteiger partial charge on any atom is 0.263 e. The molecule has 1 N–H and O–H groups in total. The third-order valence-electron chi connectivity index (χ3n) is 4.80. The van der Waals surface area contributed by atoms with Gasteiger partial charge in [-0.15, -0.1) is 11.3 Å². The van der Waals surface area contributed by atoms with E-state index in [0.717, 1.165) is 36.4 Å². The van der Waals surface area contributed by atoms with Crippen LogP contribution in [-0.2, 0) is 17.9 Å². The minimum Gasteiger partial charge on any atom is -0.352 e. The monoisotopic (exact) mass is 385 g/mol. The molecule has 0 bridgehead atoms. The largest absolute Gasteiger partial charge is 0.352 e. The molecule has 3 rings (SSSR count). The summed E-state index contributed by atoms with van der Waals surface area (Å²) in [6, 6.07) is 12.1. The topological polar surface area (TPSA) is 52.7 Å². The van der Waals surface area contributed by atoms with Gasteiger partial charge in [0.25, 0.3) is 5.91 Å². The van der Waals surface area contributed by atoms with Gasteiger partial charge in [-0.1, -0.05) is 30.3 Å². The van der Waals surface area contributed by atoms with Crippen LogP contribution in [0.2, 0.25) is 0 Å². The van der Waals surface area contributed by atoms with Crippen LogP contribution in [-0.4, -0.2) is 48.8 Å². The lowest BCUT2D eigenvalue weighted by Crippen LogP contribution is -2.45. The molecule has 6 heteroatoms. The highest BCUT2D eigenvalue weighted by Gasteiger charge is 2.29. The SMILES string of the molecule is CN(C)Cc1ccc(CNC(=O)C2CCCN(C(=O)c3cccs3)C2)cc1. The number of piperidine rings is 1. The zero-order chi connectivity index (χ0) is 19.2. The fourth-order valence-electron chi connectivity index (χ4n) is 3.39. The van der Waals surface area contributed by atoms with Crippen LogP contribution in [0.25, 0.3) is 0 Å². The van der Waals surface area contributed by atoms with E-state index in [9.17, 15) is 9.59 Å². The molecule has 1 fully saturated rings. The first kappa shape index (κ1) is 19.6. The molecule has 0 radical (unpaired) electrons. The van der Waals surface area contributed by atoms with E-state index in [1.807, 2.05) is 36.5 Å². The van der Waals surface area contributed by atoms with Crippen LogP contribution in [0.5, 0.6) is 0 Å². The van der Waals surface area contributed by atoms with Gasteiger partial charge in [-0.25, -0.2) is 0 Å². The maximum absolute atomic E-state index is 12.6. The molecule has 2 heterocycles. The fourth-order valence-corrected chi connectivity index (χ4v) is 4.08. The Morgan fingerprint density at radius 3 is 2.59 bits per heavy atom. The highest BCUT2D eigenvalue weighted by Crippen LogP contribution is 2.21. The predicted octanol–water partition coefficient (Wildman–Crippen LogP) is 2.98. The first-order valence-corrected chi connectivity index (χ1v) is 10.2. The molecule has 2 amide bonds.